The van der Waals surface area contributed by atoms with Crippen LogP contribution >= 0.6 is 0 Å². The Morgan fingerprint density at radius 3 is 2.50 bits per heavy atom. The molecule has 0 atom stereocenters. The van der Waals surface area contributed by atoms with Crippen LogP contribution in [0.4, 0.5) is 0 Å². The van der Waals surface area contributed by atoms with E-state index in [2.05, 4.69) is 16.4 Å². The van der Waals surface area contributed by atoms with Crippen LogP contribution in [0.1, 0.15) is 5.69 Å². The normalized spacial score (nSPS) is 10.6. The third-order valence-electron chi connectivity index (χ3n) is 2.88. The van der Waals surface area contributed by atoms with Crippen molar-refractivity contribution in [2.24, 2.45) is 0 Å². The van der Waals surface area contributed by atoms with Gasteiger partial charge in [-0.05, 0) is 19.2 Å². The fraction of sp³-hybridized carbons (Fsp3) is 0.357. The van der Waals surface area contributed by atoms with E-state index in [0.29, 0.717) is 5.75 Å². The highest BCUT2D eigenvalue weighted by atomic mass is 16.5. The van der Waals surface area contributed by atoms with Crippen molar-refractivity contribution in [3.63, 3.8) is 0 Å². The summed E-state index contributed by atoms with van der Waals surface area (Å²) >= 11 is 0. The Balaban J connectivity index is 2.42. The molecule has 4 heteroatoms. The molecule has 0 saturated heterocycles. The van der Waals surface area contributed by atoms with Gasteiger partial charge < -0.3 is 14.8 Å². The quantitative estimate of drug-likeness (QED) is 0.876. The van der Waals surface area contributed by atoms with Gasteiger partial charge in [-0.15, -0.1) is 0 Å². The largest absolute Gasteiger partial charge is 0.493 e. The average molecular weight is 246 g/mol. The Morgan fingerprint density at radius 1 is 1.11 bits per heavy atom. The van der Waals surface area contributed by atoms with E-state index < -0.39 is 0 Å². The Bertz CT molecular complexity index is 541. The molecule has 4 nitrogen and oxygen atoms in total. The summed E-state index contributed by atoms with van der Waals surface area (Å²) in [6.07, 6.45) is 0.917. The number of hydrogen-bond acceptors (Lipinski definition) is 4. The van der Waals surface area contributed by atoms with E-state index in [1.54, 1.807) is 14.2 Å². The van der Waals surface area contributed by atoms with Gasteiger partial charge in [0.05, 0.1) is 19.7 Å². The lowest BCUT2D eigenvalue weighted by atomic mass is 10.1. The molecule has 0 aliphatic heterocycles. The molecule has 2 rings (SSSR count). The van der Waals surface area contributed by atoms with Gasteiger partial charge in [0, 0.05) is 30.1 Å². The SMILES string of the molecule is CNCCc1ccc2cc(OC)c(OC)cc2n1. The molecule has 0 radical (unpaired) electrons. The number of rotatable bonds is 5. The van der Waals surface area contributed by atoms with Crippen molar-refractivity contribution in [2.45, 2.75) is 6.42 Å². The predicted octanol–water partition coefficient (Wildman–Crippen LogP) is 2.01. The van der Waals surface area contributed by atoms with E-state index in [0.717, 1.165) is 35.3 Å². The fourth-order valence-electron chi connectivity index (χ4n) is 1.88. The van der Waals surface area contributed by atoms with Crippen molar-refractivity contribution >= 4 is 10.9 Å². The van der Waals surface area contributed by atoms with Crippen molar-refractivity contribution in [3.8, 4) is 11.5 Å². The number of pyridine rings is 1. The van der Waals surface area contributed by atoms with Gasteiger partial charge in [0.25, 0.3) is 0 Å². The van der Waals surface area contributed by atoms with Gasteiger partial charge in [0.15, 0.2) is 11.5 Å². The van der Waals surface area contributed by atoms with Gasteiger partial charge in [-0.3, -0.25) is 4.98 Å². The molecule has 18 heavy (non-hydrogen) atoms. The number of ether oxygens (including phenoxy) is 2. The van der Waals surface area contributed by atoms with Crippen molar-refractivity contribution < 1.29 is 9.47 Å². The highest BCUT2D eigenvalue weighted by Crippen LogP contribution is 2.31. The third-order valence-corrected chi connectivity index (χ3v) is 2.88. The summed E-state index contributed by atoms with van der Waals surface area (Å²) < 4.78 is 10.6. The molecule has 1 N–H and O–H groups in total. The molecule has 0 spiro atoms. The van der Waals surface area contributed by atoms with Crippen LogP contribution < -0.4 is 14.8 Å². The second-order valence-electron chi connectivity index (χ2n) is 4.06. The Kier molecular flexibility index (Phi) is 3.99. The molecule has 0 unspecified atom stereocenters. The number of hydrogen-bond donors (Lipinski definition) is 1. The second kappa shape index (κ2) is 5.69. The first kappa shape index (κ1) is 12.6. The number of nitrogens with zero attached hydrogens (tertiary/aromatic N) is 1. The molecule has 0 aliphatic rings. The van der Waals surface area contributed by atoms with Gasteiger partial charge in [-0.25, -0.2) is 0 Å². The van der Waals surface area contributed by atoms with Crippen molar-refractivity contribution in [2.75, 3.05) is 27.8 Å². The first-order valence-corrected chi connectivity index (χ1v) is 5.94. The Morgan fingerprint density at radius 2 is 1.83 bits per heavy atom. The zero-order chi connectivity index (χ0) is 13.0. The lowest BCUT2D eigenvalue weighted by Gasteiger charge is -2.09. The first-order chi connectivity index (χ1) is 8.78. The van der Waals surface area contributed by atoms with Crippen LogP contribution in [-0.4, -0.2) is 32.8 Å². The van der Waals surface area contributed by atoms with Crippen molar-refractivity contribution in [3.05, 3.63) is 30.0 Å². The maximum atomic E-state index is 5.29. The fourth-order valence-corrected chi connectivity index (χ4v) is 1.88. The number of benzene rings is 1. The van der Waals surface area contributed by atoms with E-state index >= 15 is 0 Å². The van der Waals surface area contributed by atoms with Gasteiger partial charge in [-0.2, -0.15) is 0 Å². The van der Waals surface area contributed by atoms with Gasteiger partial charge >= 0.3 is 0 Å². The van der Waals surface area contributed by atoms with Crippen LogP contribution in [0.5, 0.6) is 11.5 Å². The smallest absolute Gasteiger partial charge is 0.162 e. The summed E-state index contributed by atoms with van der Waals surface area (Å²) in [7, 11) is 5.21. The Hall–Kier alpha value is -1.81. The van der Waals surface area contributed by atoms with Gasteiger partial charge in [0.1, 0.15) is 0 Å². The van der Waals surface area contributed by atoms with Crippen LogP contribution in [0.3, 0.4) is 0 Å². The number of likely N-dealkylation sites (N-methyl/N-ethyl adjacent to an activating group) is 1. The van der Waals surface area contributed by atoms with E-state index in [1.807, 2.05) is 25.2 Å². The molecular formula is C14H18N2O2. The highest BCUT2D eigenvalue weighted by molar-refractivity contribution is 5.82. The number of methoxy groups -OCH3 is 2. The van der Waals surface area contributed by atoms with Crippen LogP contribution in [0, 0.1) is 0 Å². The lowest BCUT2D eigenvalue weighted by molar-refractivity contribution is 0.356. The molecule has 1 heterocycles. The average Bonchev–Trinajstić information content (AvgIpc) is 2.43. The summed E-state index contributed by atoms with van der Waals surface area (Å²) in [5, 5.41) is 4.18. The standard InChI is InChI=1S/C14H18N2O2/c1-15-7-6-11-5-4-10-8-13(17-2)14(18-3)9-12(10)16-11/h4-5,8-9,15H,6-7H2,1-3H3. The van der Waals surface area contributed by atoms with E-state index in [-0.39, 0.29) is 0 Å². The summed E-state index contributed by atoms with van der Waals surface area (Å²) in [5.74, 6) is 1.44. The van der Waals surface area contributed by atoms with E-state index in [4.69, 9.17) is 9.47 Å². The number of fused-ring (bicyclic) bond motifs is 1. The van der Waals surface area contributed by atoms with Crippen LogP contribution in [-0.2, 0) is 6.42 Å². The molecule has 0 amide bonds. The summed E-state index contributed by atoms with van der Waals surface area (Å²) in [6.45, 7) is 0.922. The van der Waals surface area contributed by atoms with Gasteiger partial charge in [0.2, 0.25) is 0 Å². The Labute approximate surface area is 107 Å². The second-order valence-corrected chi connectivity index (χ2v) is 4.06. The summed E-state index contributed by atoms with van der Waals surface area (Å²) in [5.41, 5.74) is 2.00. The minimum absolute atomic E-state index is 0.711. The number of aromatic nitrogens is 1. The maximum Gasteiger partial charge on any atom is 0.162 e. The zero-order valence-corrected chi connectivity index (χ0v) is 11.0. The minimum Gasteiger partial charge on any atom is -0.493 e. The molecular weight excluding hydrogens is 228 g/mol. The third kappa shape index (κ3) is 2.54. The predicted molar refractivity (Wildman–Crippen MR) is 72.5 cm³/mol. The molecule has 1 aromatic heterocycles. The van der Waals surface area contributed by atoms with E-state index in [9.17, 15) is 0 Å². The maximum absolute atomic E-state index is 5.29. The van der Waals surface area contributed by atoms with Crippen LogP contribution in [0.2, 0.25) is 0 Å². The van der Waals surface area contributed by atoms with E-state index in [1.165, 1.54) is 0 Å². The highest BCUT2D eigenvalue weighted by Gasteiger charge is 2.07. The van der Waals surface area contributed by atoms with Crippen molar-refractivity contribution in [1.29, 1.82) is 0 Å². The topological polar surface area (TPSA) is 43.4 Å². The molecule has 0 bridgehead atoms. The molecule has 1 aromatic carbocycles. The molecule has 96 valence electrons. The summed E-state index contributed by atoms with van der Waals surface area (Å²) in [4.78, 5) is 4.62. The lowest BCUT2D eigenvalue weighted by Crippen LogP contribution is -2.11. The molecule has 0 aliphatic carbocycles. The minimum atomic E-state index is 0.711. The molecule has 0 saturated carbocycles. The van der Waals surface area contributed by atoms with Crippen LogP contribution in [0.25, 0.3) is 10.9 Å². The molecule has 0 fully saturated rings. The number of nitrogens with one attached hydrogen (secondary N) is 1. The zero-order valence-electron chi connectivity index (χ0n) is 11.0. The van der Waals surface area contributed by atoms with Crippen molar-refractivity contribution in [1.82, 2.24) is 10.3 Å². The summed E-state index contributed by atoms with van der Waals surface area (Å²) in [6, 6.07) is 7.97. The molecule has 2 aromatic rings. The van der Waals surface area contributed by atoms with Crippen LogP contribution in [0.15, 0.2) is 24.3 Å². The monoisotopic (exact) mass is 246 g/mol. The van der Waals surface area contributed by atoms with Gasteiger partial charge in [-0.1, -0.05) is 6.07 Å². The first-order valence-electron chi connectivity index (χ1n) is 5.94.